The summed E-state index contributed by atoms with van der Waals surface area (Å²) >= 11 is 0. The van der Waals surface area contributed by atoms with Crippen LogP contribution in [0.15, 0.2) is 12.4 Å². The van der Waals surface area contributed by atoms with Crippen LogP contribution in [0.3, 0.4) is 0 Å². The van der Waals surface area contributed by atoms with Gasteiger partial charge >= 0.3 is 0 Å². The number of aromatic nitrogens is 2. The smallest absolute Gasteiger partial charge is 0.123 e. The predicted octanol–water partition coefficient (Wildman–Crippen LogP) is 1.66. The fraction of sp³-hybridized carbons (Fsp3) is 0.769. The maximum atomic E-state index is 9.43. The zero-order chi connectivity index (χ0) is 13.1. The molecule has 0 saturated carbocycles. The van der Waals surface area contributed by atoms with Gasteiger partial charge in [-0.15, -0.1) is 24.0 Å². The number of hydrogen-bond acceptors (Lipinski definition) is 4. The number of rotatable bonds is 5. The van der Waals surface area contributed by atoms with Gasteiger partial charge < -0.3 is 14.4 Å². The molecule has 0 amide bonds. The highest BCUT2D eigenvalue weighted by Crippen LogP contribution is 2.22. The fourth-order valence-corrected chi connectivity index (χ4v) is 2.61. The molecule has 2 atom stereocenters. The van der Waals surface area contributed by atoms with Crippen molar-refractivity contribution in [3.05, 3.63) is 18.2 Å². The summed E-state index contributed by atoms with van der Waals surface area (Å²) < 4.78 is 7.57. The molecule has 2 rings (SSSR count). The first-order chi connectivity index (χ1) is 8.65. The second-order valence-electron chi connectivity index (χ2n) is 5.20. The van der Waals surface area contributed by atoms with E-state index in [9.17, 15) is 5.11 Å². The molecule has 0 spiro atoms. The number of halogens is 1. The summed E-state index contributed by atoms with van der Waals surface area (Å²) in [6, 6.07) is 0.600. The Hall–Kier alpha value is -0.180. The van der Waals surface area contributed by atoms with Gasteiger partial charge in [-0.1, -0.05) is 0 Å². The van der Waals surface area contributed by atoms with Crippen molar-refractivity contribution in [2.45, 2.75) is 45.0 Å². The lowest BCUT2D eigenvalue weighted by Crippen LogP contribution is -2.33. The minimum Gasteiger partial charge on any atom is -0.395 e. The van der Waals surface area contributed by atoms with E-state index in [1.54, 1.807) is 7.11 Å². The first-order valence-corrected chi connectivity index (χ1v) is 6.55. The number of aliphatic hydroxyl groups is 1. The van der Waals surface area contributed by atoms with E-state index < -0.39 is 0 Å². The van der Waals surface area contributed by atoms with Gasteiger partial charge in [0.1, 0.15) is 5.82 Å². The molecule has 1 aliphatic rings. The highest BCUT2D eigenvalue weighted by atomic mass is 127. The van der Waals surface area contributed by atoms with Crippen LogP contribution in [0.25, 0.3) is 0 Å². The van der Waals surface area contributed by atoms with Crippen molar-refractivity contribution in [1.29, 1.82) is 0 Å². The van der Waals surface area contributed by atoms with Crippen LogP contribution in [0.1, 0.15) is 32.1 Å². The van der Waals surface area contributed by atoms with E-state index >= 15 is 0 Å². The topological polar surface area (TPSA) is 50.5 Å². The number of nitrogens with zero attached hydrogens (tertiary/aromatic N) is 3. The van der Waals surface area contributed by atoms with Gasteiger partial charge in [0.15, 0.2) is 0 Å². The molecule has 19 heavy (non-hydrogen) atoms. The van der Waals surface area contributed by atoms with Crippen molar-refractivity contribution in [3.8, 4) is 0 Å². The normalized spacial score (nSPS) is 23.8. The van der Waals surface area contributed by atoms with Crippen LogP contribution in [0.4, 0.5) is 0 Å². The summed E-state index contributed by atoms with van der Waals surface area (Å²) in [5.41, 5.74) is 0. The van der Waals surface area contributed by atoms with Gasteiger partial charge in [0, 0.05) is 38.1 Å². The number of methoxy groups -OCH3 is 1. The third kappa shape index (κ3) is 3.90. The quantitative estimate of drug-likeness (QED) is 0.789. The third-order valence-electron chi connectivity index (χ3n) is 3.68. The summed E-state index contributed by atoms with van der Waals surface area (Å²) in [6.45, 7) is 6.12. The Bertz CT molecular complexity index is 384. The molecule has 1 fully saturated rings. The maximum absolute atomic E-state index is 9.43. The lowest BCUT2D eigenvalue weighted by atomic mass is 10.2. The van der Waals surface area contributed by atoms with Crippen LogP contribution in [0.5, 0.6) is 0 Å². The molecule has 110 valence electrons. The van der Waals surface area contributed by atoms with E-state index in [1.807, 2.05) is 12.4 Å². The molecule has 5 nitrogen and oxygen atoms in total. The molecule has 0 radical (unpaired) electrons. The second kappa shape index (κ2) is 7.56. The first-order valence-electron chi connectivity index (χ1n) is 6.55. The molecule has 0 aliphatic carbocycles. The Kier molecular flexibility index (Phi) is 6.72. The van der Waals surface area contributed by atoms with Crippen molar-refractivity contribution in [1.82, 2.24) is 14.5 Å². The Morgan fingerprint density at radius 2 is 2.26 bits per heavy atom. The fourth-order valence-electron chi connectivity index (χ4n) is 2.61. The minimum absolute atomic E-state index is 0. The van der Waals surface area contributed by atoms with E-state index in [0.717, 1.165) is 25.3 Å². The van der Waals surface area contributed by atoms with Crippen molar-refractivity contribution >= 4 is 24.0 Å². The average molecular weight is 381 g/mol. The monoisotopic (exact) mass is 381 g/mol. The largest absolute Gasteiger partial charge is 0.395 e. The zero-order valence-electron chi connectivity index (χ0n) is 11.8. The average Bonchev–Trinajstić information content (AvgIpc) is 2.95. The number of likely N-dealkylation sites (tertiary alicyclic amines) is 1. The van der Waals surface area contributed by atoms with Gasteiger partial charge in [-0.25, -0.2) is 4.98 Å². The Morgan fingerprint density at radius 1 is 1.53 bits per heavy atom. The number of aliphatic hydroxyl groups excluding tert-OH is 1. The first kappa shape index (κ1) is 16.9. The van der Waals surface area contributed by atoms with Gasteiger partial charge in [0.2, 0.25) is 0 Å². The highest BCUT2D eigenvalue weighted by Gasteiger charge is 2.32. The summed E-state index contributed by atoms with van der Waals surface area (Å²) in [5.74, 6) is 1.06. The SMILES string of the molecule is CO[C@@H]1C[C@@H](CO)N(Cc2nccn2C(C)C)C1.I. The summed E-state index contributed by atoms with van der Waals surface area (Å²) in [5, 5.41) is 9.43. The molecule has 1 aromatic heterocycles. The highest BCUT2D eigenvalue weighted by molar-refractivity contribution is 14.0. The summed E-state index contributed by atoms with van der Waals surface area (Å²) in [4.78, 5) is 6.68. The van der Waals surface area contributed by atoms with Crippen LogP contribution >= 0.6 is 24.0 Å². The van der Waals surface area contributed by atoms with Crippen LogP contribution < -0.4 is 0 Å². The lowest BCUT2D eigenvalue weighted by molar-refractivity contribution is 0.106. The van der Waals surface area contributed by atoms with E-state index in [-0.39, 0.29) is 42.7 Å². The lowest BCUT2D eigenvalue weighted by Gasteiger charge is -2.23. The van der Waals surface area contributed by atoms with Crippen LogP contribution in [0, 0.1) is 0 Å². The maximum Gasteiger partial charge on any atom is 0.123 e. The van der Waals surface area contributed by atoms with Crippen molar-refractivity contribution in [2.24, 2.45) is 0 Å². The molecule has 0 aromatic carbocycles. The van der Waals surface area contributed by atoms with Gasteiger partial charge in [0.05, 0.1) is 19.3 Å². The third-order valence-corrected chi connectivity index (χ3v) is 3.68. The molecule has 6 heteroatoms. The standard InChI is InChI=1S/C13H23N3O2.HI/c1-10(2)16-5-4-14-13(16)8-15-7-12(18-3)6-11(15)9-17;/h4-5,10-12,17H,6-9H2,1-3H3;1H/t11-,12+;/m0./s1. The molecular weight excluding hydrogens is 357 g/mol. The van der Waals surface area contributed by atoms with Gasteiger partial charge in [-0.3, -0.25) is 4.90 Å². The van der Waals surface area contributed by atoms with Crippen LogP contribution in [0.2, 0.25) is 0 Å². The van der Waals surface area contributed by atoms with Crippen LogP contribution in [-0.4, -0.2) is 52.0 Å². The molecule has 0 bridgehead atoms. The van der Waals surface area contributed by atoms with Crippen molar-refractivity contribution in [3.63, 3.8) is 0 Å². The number of imidazole rings is 1. The number of hydrogen-bond donors (Lipinski definition) is 1. The summed E-state index contributed by atoms with van der Waals surface area (Å²) in [6.07, 6.45) is 4.98. The molecular formula is C13H24IN3O2. The van der Waals surface area contributed by atoms with Gasteiger partial charge in [-0.2, -0.15) is 0 Å². The predicted molar refractivity (Wildman–Crippen MR) is 84.7 cm³/mol. The molecule has 1 aliphatic heterocycles. The number of ether oxygens (including phenoxy) is 1. The van der Waals surface area contributed by atoms with Crippen molar-refractivity contribution in [2.75, 3.05) is 20.3 Å². The minimum atomic E-state index is 0. The molecule has 2 heterocycles. The van der Waals surface area contributed by atoms with E-state index in [2.05, 4.69) is 28.3 Å². The molecule has 1 aromatic rings. The Balaban J connectivity index is 0.00000180. The second-order valence-corrected chi connectivity index (χ2v) is 5.20. The van der Waals surface area contributed by atoms with Crippen molar-refractivity contribution < 1.29 is 9.84 Å². The summed E-state index contributed by atoms with van der Waals surface area (Å²) in [7, 11) is 1.73. The molecule has 0 unspecified atom stereocenters. The molecule has 1 saturated heterocycles. The van der Waals surface area contributed by atoms with E-state index in [1.165, 1.54) is 0 Å². The van der Waals surface area contributed by atoms with E-state index in [0.29, 0.717) is 6.04 Å². The van der Waals surface area contributed by atoms with Crippen LogP contribution in [-0.2, 0) is 11.3 Å². The zero-order valence-corrected chi connectivity index (χ0v) is 14.2. The van der Waals surface area contributed by atoms with Gasteiger partial charge in [-0.05, 0) is 20.3 Å². The molecule has 1 N–H and O–H groups in total. The Morgan fingerprint density at radius 3 is 2.84 bits per heavy atom. The Labute approximate surface area is 132 Å². The van der Waals surface area contributed by atoms with Gasteiger partial charge in [0.25, 0.3) is 0 Å². The van der Waals surface area contributed by atoms with E-state index in [4.69, 9.17) is 4.74 Å².